The third-order valence-corrected chi connectivity index (χ3v) is 8.06. The topological polar surface area (TPSA) is 41.5 Å². The van der Waals surface area contributed by atoms with Gasteiger partial charge in [0.15, 0.2) is 17.4 Å². The second-order valence-corrected chi connectivity index (χ2v) is 11.4. The summed E-state index contributed by atoms with van der Waals surface area (Å²) >= 11 is 0. The predicted octanol–water partition coefficient (Wildman–Crippen LogP) is 6.35. The lowest BCUT2D eigenvalue weighted by Crippen LogP contribution is -2.47. The molecule has 1 unspecified atom stereocenters. The van der Waals surface area contributed by atoms with Crippen molar-refractivity contribution >= 4 is 5.69 Å². The first-order valence-electron chi connectivity index (χ1n) is 13.3. The maximum Gasteiger partial charge on any atom is 0.178 e. The Balaban J connectivity index is 1.41. The highest BCUT2D eigenvalue weighted by molar-refractivity contribution is 5.72. The summed E-state index contributed by atoms with van der Waals surface area (Å²) in [6.45, 7) is 10.3. The highest BCUT2D eigenvalue weighted by Crippen LogP contribution is 2.40. The average molecular weight is 525 g/mol. The van der Waals surface area contributed by atoms with Gasteiger partial charge in [-0.2, -0.15) is 0 Å². The third-order valence-electron chi connectivity index (χ3n) is 8.06. The van der Waals surface area contributed by atoms with Crippen LogP contribution in [0, 0.1) is 17.5 Å². The highest BCUT2D eigenvalue weighted by Gasteiger charge is 2.34. The van der Waals surface area contributed by atoms with Gasteiger partial charge in [0.1, 0.15) is 23.9 Å². The fourth-order valence-electron chi connectivity index (χ4n) is 5.64. The van der Waals surface area contributed by atoms with E-state index in [1.165, 1.54) is 12.1 Å². The molecule has 3 aromatic rings. The van der Waals surface area contributed by atoms with Crippen LogP contribution in [-0.2, 0) is 6.42 Å². The zero-order chi connectivity index (χ0) is 27.2. The number of nitrogens with zero attached hydrogens (tertiary/aromatic N) is 4. The summed E-state index contributed by atoms with van der Waals surface area (Å²) in [5.41, 5.74) is 2.35. The van der Waals surface area contributed by atoms with Crippen LogP contribution in [0.4, 0.5) is 18.9 Å². The molecule has 2 aliphatic rings. The van der Waals surface area contributed by atoms with Crippen LogP contribution in [0.15, 0.2) is 36.5 Å². The highest BCUT2D eigenvalue weighted by atomic mass is 19.1. The molecule has 5 nitrogen and oxygen atoms in total. The molecule has 8 heteroatoms. The van der Waals surface area contributed by atoms with Crippen LogP contribution in [0.2, 0.25) is 0 Å². The number of halogens is 3. The molecule has 2 aromatic carbocycles. The Bertz CT molecular complexity index is 1340. The number of fused-ring (bicyclic) bond motifs is 1. The molecular weight excluding hydrogens is 489 g/mol. The van der Waals surface area contributed by atoms with E-state index in [2.05, 4.69) is 35.8 Å². The number of piperidine rings is 1. The van der Waals surface area contributed by atoms with Crippen LogP contribution < -0.4 is 9.64 Å². The molecule has 202 valence electrons. The fourth-order valence-corrected chi connectivity index (χ4v) is 5.64. The summed E-state index contributed by atoms with van der Waals surface area (Å²) in [5, 5.41) is 0. The van der Waals surface area contributed by atoms with Crippen LogP contribution in [0.5, 0.6) is 5.75 Å². The largest absolute Gasteiger partial charge is 0.486 e. The Labute approximate surface area is 222 Å². The number of anilines is 1. The van der Waals surface area contributed by atoms with Crippen molar-refractivity contribution < 1.29 is 17.9 Å². The van der Waals surface area contributed by atoms with Gasteiger partial charge in [0, 0.05) is 23.6 Å². The van der Waals surface area contributed by atoms with Gasteiger partial charge >= 0.3 is 0 Å². The lowest BCUT2D eigenvalue weighted by molar-refractivity contribution is 0.0933. The van der Waals surface area contributed by atoms with E-state index in [0.717, 1.165) is 31.1 Å². The van der Waals surface area contributed by atoms with Crippen LogP contribution in [0.3, 0.4) is 0 Å². The van der Waals surface area contributed by atoms with E-state index in [0.29, 0.717) is 35.8 Å². The van der Waals surface area contributed by atoms with Gasteiger partial charge in [-0.05, 0) is 89.4 Å². The average Bonchev–Trinajstić information content (AvgIpc) is 2.86. The summed E-state index contributed by atoms with van der Waals surface area (Å²) in [6, 6.07) is 8.37. The summed E-state index contributed by atoms with van der Waals surface area (Å²) in [5.74, 6) is -0.765. The minimum Gasteiger partial charge on any atom is -0.486 e. The first-order chi connectivity index (χ1) is 18.0. The molecule has 0 bridgehead atoms. The minimum atomic E-state index is -0.646. The second kappa shape index (κ2) is 10.2. The normalized spacial score (nSPS) is 19.4. The van der Waals surface area contributed by atoms with Gasteiger partial charge in [0.05, 0.1) is 18.4 Å². The molecule has 1 aromatic heterocycles. The van der Waals surface area contributed by atoms with Crippen molar-refractivity contribution in [3.63, 3.8) is 0 Å². The molecule has 38 heavy (non-hydrogen) atoms. The summed E-state index contributed by atoms with van der Waals surface area (Å²) in [4.78, 5) is 12.9. The quantitative estimate of drug-likeness (QED) is 0.389. The molecule has 2 aliphatic heterocycles. The van der Waals surface area contributed by atoms with Gasteiger partial charge in [-0.25, -0.2) is 23.1 Å². The molecule has 1 atom stereocenters. The molecule has 3 heterocycles. The van der Waals surface area contributed by atoms with Crippen molar-refractivity contribution in [2.24, 2.45) is 0 Å². The van der Waals surface area contributed by atoms with E-state index in [1.54, 1.807) is 6.07 Å². The van der Waals surface area contributed by atoms with Crippen LogP contribution in [0.1, 0.15) is 63.4 Å². The molecule has 0 saturated carbocycles. The van der Waals surface area contributed by atoms with Gasteiger partial charge in [-0.15, -0.1) is 0 Å². The van der Waals surface area contributed by atoms with Crippen LogP contribution >= 0.6 is 0 Å². The van der Waals surface area contributed by atoms with Gasteiger partial charge in [-0.1, -0.05) is 12.1 Å². The minimum absolute atomic E-state index is 0.0108. The van der Waals surface area contributed by atoms with Gasteiger partial charge < -0.3 is 14.5 Å². The van der Waals surface area contributed by atoms with Crippen LogP contribution in [0.25, 0.3) is 11.3 Å². The van der Waals surface area contributed by atoms with E-state index in [9.17, 15) is 8.78 Å². The van der Waals surface area contributed by atoms with Crippen molar-refractivity contribution in [3.05, 3.63) is 70.9 Å². The van der Waals surface area contributed by atoms with Crippen molar-refractivity contribution in [3.8, 4) is 17.0 Å². The molecule has 0 spiro atoms. The van der Waals surface area contributed by atoms with Gasteiger partial charge in [0.2, 0.25) is 0 Å². The van der Waals surface area contributed by atoms with Crippen molar-refractivity contribution in [1.82, 2.24) is 14.9 Å². The summed E-state index contributed by atoms with van der Waals surface area (Å²) in [7, 11) is 2.11. The van der Waals surface area contributed by atoms with Crippen molar-refractivity contribution in [2.45, 2.75) is 64.5 Å². The Kier molecular flexibility index (Phi) is 7.11. The molecule has 0 aliphatic carbocycles. The number of likely N-dealkylation sites (tertiary alicyclic amines) is 1. The smallest absolute Gasteiger partial charge is 0.178 e. The molecule has 5 rings (SSSR count). The number of hydrogen-bond donors (Lipinski definition) is 0. The maximum absolute atomic E-state index is 15.2. The number of ether oxygens (including phenoxy) is 1. The second-order valence-electron chi connectivity index (χ2n) is 11.4. The maximum atomic E-state index is 15.2. The molecule has 0 N–H and O–H groups in total. The summed E-state index contributed by atoms with van der Waals surface area (Å²) in [6.07, 6.45) is 3.13. The number of rotatable bonds is 5. The van der Waals surface area contributed by atoms with Crippen molar-refractivity contribution in [1.29, 1.82) is 0 Å². The molecule has 1 fully saturated rings. The summed E-state index contributed by atoms with van der Waals surface area (Å²) < 4.78 is 50.6. The monoisotopic (exact) mass is 524 g/mol. The standard InChI is InChI=1S/C30H35F3N4O/c1-18(2)37-10-11-38-29-24(32)14-21(15-26(29)37)28-25(33)17-34-27(35-28)13-19-6-7-22(23(31)12-19)20-8-9-36(5)30(3,4)16-20/h6-7,12,14-15,17-18,20H,8-11,13,16H2,1-5H3. The molecule has 1 saturated heterocycles. The Morgan fingerprint density at radius 3 is 2.55 bits per heavy atom. The zero-order valence-electron chi connectivity index (χ0n) is 22.7. The SMILES string of the molecule is CC(C)N1CCOc2c(F)cc(-c3nc(Cc4ccc(C5CCN(C)C(C)(C)C5)c(F)c4)ncc3F)cc21. The number of benzene rings is 2. The molecule has 0 radical (unpaired) electrons. The molecular formula is C30H35F3N4O. The number of hydrogen-bond acceptors (Lipinski definition) is 5. The van der Waals surface area contributed by atoms with Gasteiger partial charge in [-0.3, -0.25) is 0 Å². The lowest BCUT2D eigenvalue weighted by atomic mass is 9.79. The van der Waals surface area contributed by atoms with E-state index in [-0.39, 0.29) is 41.2 Å². The Morgan fingerprint density at radius 1 is 1.05 bits per heavy atom. The zero-order valence-corrected chi connectivity index (χ0v) is 22.7. The molecule has 0 amide bonds. The van der Waals surface area contributed by atoms with Crippen molar-refractivity contribution in [2.75, 3.05) is 31.6 Å². The third kappa shape index (κ3) is 5.10. The van der Waals surface area contributed by atoms with E-state index in [1.807, 2.05) is 30.9 Å². The Hall–Kier alpha value is -3.13. The predicted molar refractivity (Wildman–Crippen MR) is 143 cm³/mol. The lowest BCUT2D eigenvalue weighted by Gasteiger charge is -2.43. The number of aromatic nitrogens is 2. The first-order valence-corrected chi connectivity index (χ1v) is 13.3. The first kappa shape index (κ1) is 26.5. The van der Waals surface area contributed by atoms with E-state index >= 15 is 4.39 Å². The van der Waals surface area contributed by atoms with Crippen LogP contribution in [-0.4, -0.2) is 53.2 Å². The Morgan fingerprint density at radius 2 is 1.84 bits per heavy atom. The van der Waals surface area contributed by atoms with E-state index < -0.39 is 11.6 Å². The van der Waals surface area contributed by atoms with Gasteiger partial charge in [0.25, 0.3) is 0 Å². The fraction of sp³-hybridized carbons (Fsp3) is 0.467. The van der Waals surface area contributed by atoms with E-state index in [4.69, 9.17) is 4.74 Å².